The molecule has 0 N–H and O–H groups in total. The highest BCUT2D eigenvalue weighted by Gasteiger charge is 2.30. The van der Waals surface area contributed by atoms with Gasteiger partial charge in [0, 0.05) is 32.6 Å². The molecule has 1 fully saturated rings. The third kappa shape index (κ3) is 6.87. The van der Waals surface area contributed by atoms with E-state index < -0.39 is 9.84 Å². The van der Waals surface area contributed by atoms with Crippen molar-refractivity contribution in [2.75, 3.05) is 34.3 Å². The van der Waals surface area contributed by atoms with E-state index in [1.165, 1.54) is 23.3 Å². The SMILES string of the molecule is COc1ccc(-c2cccc(C(=O)N(C)C)c2)cc1S(=O)(=O)Cc1cccc(O[C@H]2CCN(C(=O)c3sccc3Cl)C2)c1. The maximum absolute atomic E-state index is 13.7. The lowest BCUT2D eigenvalue weighted by atomic mass is 10.0. The third-order valence-electron chi connectivity index (χ3n) is 7.15. The lowest BCUT2D eigenvalue weighted by molar-refractivity contribution is 0.0776. The van der Waals surface area contributed by atoms with E-state index >= 15 is 0 Å². The number of amides is 2. The molecule has 0 saturated carbocycles. The molecule has 0 bridgehead atoms. The summed E-state index contributed by atoms with van der Waals surface area (Å²) in [5.74, 6) is 0.241. The van der Waals surface area contributed by atoms with Crippen LogP contribution in [-0.2, 0) is 15.6 Å². The van der Waals surface area contributed by atoms with Crippen molar-refractivity contribution >= 4 is 44.6 Å². The Labute approximate surface area is 260 Å². The molecule has 1 saturated heterocycles. The number of sulfone groups is 1. The highest BCUT2D eigenvalue weighted by atomic mass is 35.5. The van der Waals surface area contributed by atoms with E-state index in [4.69, 9.17) is 21.1 Å². The summed E-state index contributed by atoms with van der Waals surface area (Å²) in [7, 11) is 0.951. The van der Waals surface area contributed by atoms with Crippen LogP contribution in [0.25, 0.3) is 11.1 Å². The minimum atomic E-state index is -3.84. The molecular weight excluding hydrogens is 608 g/mol. The van der Waals surface area contributed by atoms with Crippen LogP contribution in [0.3, 0.4) is 0 Å². The van der Waals surface area contributed by atoms with Gasteiger partial charge < -0.3 is 19.3 Å². The average Bonchev–Trinajstić information content (AvgIpc) is 3.65. The van der Waals surface area contributed by atoms with Crippen LogP contribution >= 0.6 is 22.9 Å². The molecule has 0 spiro atoms. The van der Waals surface area contributed by atoms with E-state index in [0.717, 1.165) is 0 Å². The van der Waals surface area contributed by atoms with Gasteiger partial charge in [-0.15, -0.1) is 11.3 Å². The van der Waals surface area contributed by atoms with Crippen molar-refractivity contribution in [3.05, 3.63) is 99.2 Å². The number of rotatable bonds is 9. The Balaban J connectivity index is 1.32. The molecule has 0 unspecified atom stereocenters. The van der Waals surface area contributed by atoms with Crippen LogP contribution in [0, 0.1) is 0 Å². The molecule has 1 aliphatic rings. The van der Waals surface area contributed by atoms with Gasteiger partial charge in [-0.25, -0.2) is 8.42 Å². The summed E-state index contributed by atoms with van der Waals surface area (Å²) in [6.45, 7) is 0.967. The number of thiophene rings is 1. The first-order valence-electron chi connectivity index (χ1n) is 13.6. The van der Waals surface area contributed by atoms with E-state index in [0.29, 0.717) is 57.4 Å². The Morgan fingerprint density at radius 2 is 1.79 bits per heavy atom. The Morgan fingerprint density at radius 3 is 2.51 bits per heavy atom. The average molecular weight is 639 g/mol. The smallest absolute Gasteiger partial charge is 0.265 e. The number of benzene rings is 3. The van der Waals surface area contributed by atoms with Gasteiger partial charge in [0.05, 0.1) is 24.4 Å². The van der Waals surface area contributed by atoms with Crippen LogP contribution in [-0.4, -0.2) is 70.4 Å². The molecule has 8 nitrogen and oxygen atoms in total. The highest BCUT2D eigenvalue weighted by Crippen LogP contribution is 2.33. The van der Waals surface area contributed by atoms with Gasteiger partial charge in [-0.1, -0.05) is 41.9 Å². The quantitative estimate of drug-likeness (QED) is 0.222. The zero-order chi connectivity index (χ0) is 30.7. The number of likely N-dealkylation sites (tertiary alicyclic amines) is 1. The van der Waals surface area contributed by atoms with Crippen LogP contribution in [0.2, 0.25) is 5.02 Å². The second-order valence-electron chi connectivity index (χ2n) is 10.4. The molecule has 11 heteroatoms. The number of nitrogens with zero attached hydrogens (tertiary/aromatic N) is 2. The summed E-state index contributed by atoms with van der Waals surface area (Å²) < 4.78 is 39.0. The maximum atomic E-state index is 13.7. The van der Waals surface area contributed by atoms with Crippen molar-refractivity contribution in [2.24, 2.45) is 0 Å². The van der Waals surface area contributed by atoms with Crippen molar-refractivity contribution in [3.63, 3.8) is 0 Å². The fraction of sp³-hybridized carbons (Fsp3) is 0.250. The number of hydrogen-bond acceptors (Lipinski definition) is 7. The lowest BCUT2D eigenvalue weighted by Gasteiger charge is -2.17. The summed E-state index contributed by atoms with van der Waals surface area (Å²) in [6, 6.07) is 20.7. The lowest BCUT2D eigenvalue weighted by Crippen LogP contribution is -2.30. The van der Waals surface area contributed by atoms with Crippen LogP contribution < -0.4 is 9.47 Å². The van der Waals surface area contributed by atoms with Crippen molar-refractivity contribution < 1.29 is 27.5 Å². The molecule has 4 aromatic rings. The zero-order valence-electron chi connectivity index (χ0n) is 23.9. The van der Waals surface area contributed by atoms with Crippen molar-refractivity contribution in [3.8, 4) is 22.6 Å². The molecule has 3 aromatic carbocycles. The summed E-state index contributed by atoms with van der Waals surface area (Å²) in [5.41, 5.74) is 2.42. The van der Waals surface area contributed by atoms with Crippen molar-refractivity contribution in [1.29, 1.82) is 0 Å². The van der Waals surface area contributed by atoms with E-state index in [1.54, 1.807) is 91.1 Å². The van der Waals surface area contributed by atoms with E-state index in [1.807, 2.05) is 6.07 Å². The monoisotopic (exact) mass is 638 g/mol. The van der Waals surface area contributed by atoms with E-state index in [2.05, 4.69) is 0 Å². The minimum Gasteiger partial charge on any atom is -0.495 e. The van der Waals surface area contributed by atoms with Gasteiger partial charge in [-0.3, -0.25) is 9.59 Å². The van der Waals surface area contributed by atoms with Gasteiger partial charge in [0.2, 0.25) is 0 Å². The highest BCUT2D eigenvalue weighted by molar-refractivity contribution is 7.90. The zero-order valence-corrected chi connectivity index (χ0v) is 26.3. The van der Waals surface area contributed by atoms with E-state index in [9.17, 15) is 18.0 Å². The molecule has 1 aromatic heterocycles. The summed E-state index contributed by atoms with van der Waals surface area (Å²) in [5, 5.41) is 2.24. The number of methoxy groups -OCH3 is 1. The van der Waals surface area contributed by atoms with Crippen LogP contribution in [0.15, 0.2) is 83.1 Å². The number of carbonyl (C=O) groups is 2. The Hall–Kier alpha value is -3.86. The van der Waals surface area contributed by atoms with Gasteiger partial charge in [0.15, 0.2) is 9.84 Å². The molecule has 1 aliphatic heterocycles. The molecule has 0 aliphatic carbocycles. The minimum absolute atomic E-state index is 0.0559. The number of carbonyl (C=O) groups excluding carboxylic acids is 2. The maximum Gasteiger partial charge on any atom is 0.265 e. The van der Waals surface area contributed by atoms with Gasteiger partial charge in [-0.2, -0.15) is 0 Å². The number of hydrogen-bond donors (Lipinski definition) is 0. The molecule has 2 amide bonds. The van der Waals surface area contributed by atoms with Crippen LogP contribution in [0.5, 0.6) is 11.5 Å². The first-order valence-corrected chi connectivity index (χ1v) is 16.5. The molecule has 2 heterocycles. The van der Waals surface area contributed by atoms with Gasteiger partial charge in [-0.05, 0) is 64.5 Å². The second kappa shape index (κ2) is 12.8. The summed E-state index contributed by atoms with van der Waals surface area (Å²) >= 11 is 7.46. The molecule has 5 rings (SSSR count). The first kappa shape index (κ1) is 30.6. The molecule has 224 valence electrons. The van der Waals surface area contributed by atoms with Crippen LogP contribution in [0.4, 0.5) is 0 Å². The summed E-state index contributed by atoms with van der Waals surface area (Å²) in [6.07, 6.45) is 0.434. The molecule has 0 radical (unpaired) electrons. The normalized spacial score (nSPS) is 14.9. The van der Waals surface area contributed by atoms with Gasteiger partial charge >= 0.3 is 0 Å². The Kier molecular flexibility index (Phi) is 9.10. The molecule has 1 atom stereocenters. The molecule has 43 heavy (non-hydrogen) atoms. The topological polar surface area (TPSA) is 93.2 Å². The predicted octanol–water partition coefficient (Wildman–Crippen LogP) is 6.05. The van der Waals surface area contributed by atoms with Gasteiger partial charge in [0.1, 0.15) is 27.4 Å². The number of halogens is 1. The molecular formula is C32H31ClN2O6S2. The van der Waals surface area contributed by atoms with Gasteiger partial charge in [0.25, 0.3) is 11.8 Å². The predicted molar refractivity (Wildman–Crippen MR) is 168 cm³/mol. The van der Waals surface area contributed by atoms with E-state index in [-0.39, 0.29) is 34.3 Å². The number of ether oxygens (including phenoxy) is 2. The Bertz CT molecular complexity index is 1770. The van der Waals surface area contributed by atoms with Crippen LogP contribution in [0.1, 0.15) is 32.0 Å². The first-order chi connectivity index (χ1) is 20.6. The third-order valence-corrected chi connectivity index (χ3v) is 10.2. The largest absolute Gasteiger partial charge is 0.495 e. The fourth-order valence-electron chi connectivity index (χ4n) is 4.99. The van der Waals surface area contributed by atoms with Crippen molar-refractivity contribution in [1.82, 2.24) is 9.80 Å². The second-order valence-corrected chi connectivity index (χ2v) is 13.7. The fourth-order valence-corrected chi connectivity index (χ4v) is 7.63. The summed E-state index contributed by atoms with van der Waals surface area (Å²) in [4.78, 5) is 29.1. The van der Waals surface area contributed by atoms with Crippen molar-refractivity contribution in [2.45, 2.75) is 23.2 Å². The Morgan fingerprint density at radius 1 is 1.02 bits per heavy atom. The standard InChI is InChI=1S/C32H31ClN2O6S2/c1-34(2)31(36)24-8-5-7-22(17-24)23-10-11-28(40-3)29(18-23)43(38,39)20-21-6-4-9-25(16-21)41-26-12-14-35(19-26)32(37)30-27(33)13-15-42-30/h4-11,13,15-18,26H,12,14,19-20H2,1-3H3/t26-/m0/s1.